The van der Waals surface area contributed by atoms with Gasteiger partial charge in [-0.15, -0.1) is 0 Å². The number of aryl methyl sites for hydroxylation is 1. The molecule has 0 aromatic heterocycles. The van der Waals surface area contributed by atoms with Crippen molar-refractivity contribution < 1.29 is 13.9 Å². The summed E-state index contributed by atoms with van der Waals surface area (Å²) < 4.78 is 23.9. The molecule has 3 nitrogen and oxygen atoms in total. The van der Waals surface area contributed by atoms with E-state index in [2.05, 4.69) is 12.2 Å². The number of halogens is 1. The molecule has 0 aliphatic heterocycles. The molecule has 0 aliphatic carbocycles. The predicted octanol–water partition coefficient (Wildman–Crippen LogP) is 2.64. The molecule has 0 heterocycles. The highest BCUT2D eigenvalue weighted by Gasteiger charge is 2.09. The van der Waals surface area contributed by atoms with Crippen LogP contribution in [0.2, 0.25) is 0 Å². The molecule has 0 aliphatic rings. The van der Waals surface area contributed by atoms with Crippen molar-refractivity contribution in [3.63, 3.8) is 0 Å². The summed E-state index contributed by atoms with van der Waals surface area (Å²) >= 11 is 0. The molecule has 0 fully saturated rings. The summed E-state index contributed by atoms with van der Waals surface area (Å²) in [7, 11) is 3.18. The van der Waals surface area contributed by atoms with Crippen LogP contribution in [0.1, 0.15) is 18.9 Å². The molecular formula is C15H24FNO2. The number of hydrogen-bond donors (Lipinski definition) is 1. The van der Waals surface area contributed by atoms with E-state index in [1.807, 2.05) is 12.1 Å². The number of nitrogens with one attached hydrogen (secondary N) is 1. The van der Waals surface area contributed by atoms with Gasteiger partial charge in [-0.1, -0.05) is 19.1 Å². The topological polar surface area (TPSA) is 30.5 Å². The highest BCUT2D eigenvalue weighted by Crippen LogP contribution is 2.21. The fourth-order valence-corrected chi connectivity index (χ4v) is 1.93. The van der Waals surface area contributed by atoms with Gasteiger partial charge in [0, 0.05) is 13.7 Å². The Bertz CT molecular complexity index is 371. The molecule has 1 rings (SSSR count). The minimum Gasteiger partial charge on any atom is -0.494 e. The number of ether oxygens (including phenoxy) is 2. The average molecular weight is 269 g/mol. The van der Waals surface area contributed by atoms with E-state index in [4.69, 9.17) is 9.47 Å². The maximum Gasteiger partial charge on any atom is 0.168 e. The van der Waals surface area contributed by atoms with Crippen LogP contribution in [0.4, 0.5) is 4.39 Å². The van der Waals surface area contributed by atoms with Crippen molar-refractivity contribution in [2.75, 3.05) is 33.9 Å². The van der Waals surface area contributed by atoms with Crippen molar-refractivity contribution in [2.24, 2.45) is 5.92 Å². The normalized spacial score (nSPS) is 12.4. The Labute approximate surface area is 115 Å². The molecule has 0 radical (unpaired) electrons. The zero-order valence-electron chi connectivity index (χ0n) is 12.0. The van der Waals surface area contributed by atoms with Crippen LogP contribution in [-0.2, 0) is 11.2 Å². The van der Waals surface area contributed by atoms with Crippen LogP contribution in [0.5, 0.6) is 5.75 Å². The van der Waals surface area contributed by atoms with E-state index in [-0.39, 0.29) is 5.82 Å². The van der Waals surface area contributed by atoms with Crippen molar-refractivity contribution in [1.29, 1.82) is 0 Å². The first-order chi connectivity index (χ1) is 9.19. The van der Waals surface area contributed by atoms with Gasteiger partial charge in [0.2, 0.25) is 0 Å². The van der Waals surface area contributed by atoms with E-state index in [9.17, 15) is 4.39 Å². The predicted molar refractivity (Wildman–Crippen MR) is 75.2 cm³/mol. The second-order valence-corrected chi connectivity index (χ2v) is 4.77. The summed E-state index contributed by atoms with van der Waals surface area (Å²) in [6, 6.07) is 5.30. The van der Waals surface area contributed by atoms with Gasteiger partial charge in [-0.05, 0) is 36.9 Å². The Morgan fingerprint density at radius 2 is 2.11 bits per heavy atom. The van der Waals surface area contributed by atoms with Gasteiger partial charge in [0.1, 0.15) is 0 Å². The summed E-state index contributed by atoms with van der Waals surface area (Å²) in [5.41, 5.74) is 0.725. The van der Waals surface area contributed by atoms with Crippen molar-refractivity contribution in [1.82, 2.24) is 5.32 Å². The molecule has 4 heteroatoms. The lowest BCUT2D eigenvalue weighted by Crippen LogP contribution is -2.25. The standard InChI is InChI=1S/C15H24FNO2/c1-12(11-17-9-10-18-2)7-8-13-5-4-6-14(19-3)15(13)16/h4-6,12,17H,7-11H2,1-3H3. The van der Waals surface area contributed by atoms with Crippen LogP contribution in [0.25, 0.3) is 0 Å². The summed E-state index contributed by atoms with van der Waals surface area (Å²) in [4.78, 5) is 0. The Morgan fingerprint density at radius 1 is 1.32 bits per heavy atom. The van der Waals surface area contributed by atoms with Crippen LogP contribution >= 0.6 is 0 Å². The number of methoxy groups -OCH3 is 2. The first kappa shape index (κ1) is 15.9. The first-order valence-corrected chi connectivity index (χ1v) is 6.70. The van der Waals surface area contributed by atoms with Crippen molar-refractivity contribution in [3.8, 4) is 5.75 Å². The van der Waals surface area contributed by atoms with Crippen molar-refractivity contribution >= 4 is 0 Å². The van der Waals surface area contributed by atoms with Gasteiger partial charge in [0.05, 0.1) is 13.7 Å². The van der Waals surface area contributed by atoms with E-state index in [0.717, 1.165) is 38.1 Å². The van der Waals surface area contributed by atoms with Crippen LogP contribution in [0, 0.1) is 11.7 Å². The number of benzene rings is 1. The van der Waals surface area contributed by atoms with E-state index in [1.54, 1.807) is 13.2 Å². The summed E-state index contributed by atoms with van der Waals surface area (Å²) in [6.07, 6.45) is 1.68. The number of hydrogen-bond acceptors (Lipinski definition) is 3. The Balaban J connectivity index is 2.35. The van der Waals surface area contributed by atoms with Crippen molar-refractivity contribution in [3.05, 3.63) is 29.6 Å². The fourth-order valence-electron chi connectivity index (χ4n) is 1.93. The lowest BCUT2D eigenvalue weighted by Gasteiger charge is -2.13. The molecule has 0 saturated carbocycles. The third-order valence-electron chi connectivity index (χ3n) is 3.15. The molecule has 1 atom stereocenters. The van der Waals surface area contributed by atoms with Crippen LogP contribution in [-0.4, -0.2) is 33.9 Å². The maximum absolute atomic E-state index is 13.9. The molecule has 1 N–H and O–H groups in total. The quantitative estimate of drug-likeness (QED) is 0.699. The third-order valence-corrected chi connectivity index (χ3v) is 3.15. The summed E-state index contributed by atoms with van der Waals surface area (Å²) in [6.45, 7) is 4.67. The van der Waals surface area contributed by atoms with Gasteiger partial charge < -0.3 is 14.8 Å². The Hall–Kier alpha value is -1.13. The van der Waals surface area contributed by atoms with E-state index >= 15 is 0 Å². The Kier molecular flexibility index (Phi) is 7.45. The van der Waals surface area contributed by atoms with Gasteiger partial charge in [-0.3, -0.25) is 0 Å². The first-order valence-electron chi connectivity index (χ1n) is 6.70. The SMILES string of the molecule is COCCNCC(C)CCc1cccc(OC)c1F. The number of rotatable bonds is 9. The minimum atomic E-state index is -0.232. The molecule has 1 unspecified atom stereocenters. The molecule has 1 aromatic rings. The molecular weight excluding hydrogens is 245 g/mol. The third kappa shape index (κ3) is 5.57. The summed E-state index contributed by atoms with van der Waals surface area (Å²) in [5, 5.41) is 3.32. The second kappa shape index (κ2) is 8.88. The maximum atomic E-state index is 13.9. The fraction of sp³-hybridized carbons (Fsp3) is 0.600. The van der Waals surface area contributed by atoms with E-state index < -0.39 is 0 Å². The van der Waals surface area contributed by atoms with E-state index in [0.29, 0.717) is 11.7 Å². The van der Waals surface area contributed by atoms with Crippen LogP contribution in [0.3, 0.4) is 0 Å². The lowest BCUT2D eigenvalue weighted by molar-refractivity contribution is 0.198. The zero-order chi connectivity index (χ0) is 14.1. The Morgan fingerprint density at radius 3 is 2.79 bits per heavy atom. The average Bonchev–Trinajstić information content (AvgIpc) is 2.42. The molecule has 0 saturated heterocycles. The molecule has 19 heavy (non-hydrogen) atoms. The highest BCUT2D eigenvalue weighted by atomic mass is 19.1. The molecule has 0 bridgehead atoms. The van der Waals surface area contributed by atoms with Gasteiger partial charge in [-0.2, -0.15) is 0 Å². The van der Waals surface area contributed by atoms with Gasteiger partial charge >= 0.3 is 0 Å². The molecule has 108 valence electrons. The van der Waals surface area contributed by atoms with Gasteiger partial charge in [0.25, 0.3) is 0 Å². The minimum absolute atomic E-state index is 0.232. The lowest BCUT2D eigenvalue weighted by atomic mass is 10.0. The van der Waals surface area contributed by atoms with Gasteiger partial charge in [-0.25, -0.2) is 4.39 Å². The molecule has 0 amide bonds. The molecule has 1 aromatic carbocycles. The van der Waals surface area contributed by atoms with E-state index in [1.165, 1.54) is 7.11 Å². The highest BCUT2D eigenvalue weighted by molar-refractivity contribution is 5.31. The van der Waals surface area contributed by atoms with Gasteiger partial charge in [0.15, 0.2) is 11.6 Å². The van der Waals surface area contributed by atoms with Crippen LogP contribution < -0.4 is 10.1 Å². The van der Waals surface area contributed by atoms with Crippen LogP contribution in [0.15, 0.2) is 18.2 Å². The summed E-state index contributed by atoms with van der Waals surface area (Å²) in [5.74, 6) is 0.593. The second-order valence-electron chi connectivity index (χ2n) is 4.77. The largest absolute Gasteiger partial charge is 0.494 e. The van der Waals surface area contributed by atoms with Crippen molar-refractivity contribution in [2.45, 2.75) is 19.8 Å². The smallest absolute Gasteiger partial charge is 0.168 e. The monoisotopic (exact) mass is 269 g/mol. The molecule has 0 spiro atoms. The zero-order valence-corrected chi connectivity index (χ0v) is 12.0.